The number of benzene rings is 5. The molecule has 1 unspecified atom stereocenters. The molecule has 1 aliphatic carbocycles. The first-order valence-corrected chi connectivity index (χ1v) is 13.9. The van der Waals surface area contributed by atoms with Crippen molar-refractivity contribution < 1.29 is 4.57 Å². The molecule has 1 nitrogen and oxygen atoms in total. The molecule has 35 heavy (non-hydrogen) atoms. The van der Waals surface area contributed by atoms with E-state index < -0.39 is 7.14 Å². The first kappa shape index (κ1) is 21.8. The molecule has 6 rings (SSSR count). The van der Waals surface area contributed by atoms with Crippen molar-refractivity contribution in [3.63, 3.8) is 0 Å². The van der Waals surface area contributed by atoms with E-state index in [0.717, 1.165) is 27.9 Å². The zero-order chi connectivity index (χ0) is 23.8. The normalized spacial score (nSPS) is 15.2. The molecule has 0 saturated heterocycles. The Labute approximate surface area is 207 Å². The molecule has 0 N–H and O–H groups in total. The monoisotopic (exact) mass is 470 g/mol. The molecule has 0 amide bonds. The molecule has 0 saturated carbocycles. The molecule has 0 spiro atoms. The Morgan fingerprint density at radius 3 is 2.03 bits per heavy atom. The van der Waals surface area contributed by atoms with Crippen molar-refractivity contribution in [1.29, 1.82) is 0 Å². The molecule has 2 heteroatoms. The zero-order valence-corrected chi connectivity index (χ0v) is 20.7. The Hall–Kier alpha value is -3.67. The average molecular weight is 471 g/mol. The maximum Gasteiger partial charge on any atom is 0.171 e. The highest BCUT2D eigenvalue weighted by Gasteiger charge is 2.30. The summed E-state index contributed by atoms with van der Waals surface area (Å²) in [6, 6.07) is 39.2. The van der Waals surface area contributed by atoms with Gasteiger partial charge in [0.1, 0.15) is 0 Å². The maximum absolute atomic E-state index is 15.0. The molecule has 0 aliphatic heterocycles. The van der Waals surface area contributed by atoms with Gasteiger partial charge in [0, 0.05) is 15.9 Å². The van der Waals surface area contributed by atoms with Crippen molar-refractivity contribution >= 4 is 39.9 Å². The minimum atomic E-state index is -3.04. The second-order valence-electron chi connectivity index (χ2n) is 9.42. The van der Waals surface area contributed by atoms with E-state index in [0.29, 0.717) is 5.92 Å². The van der Waals surface area contributed by atoms with Crippen LogP contribution in [0.5, 0.6) is 0 Å². The van der Waals surface area contributed by atoms with E-state index in [1.165, 1.54) is 27.5 Å². The Kier molecular flexibility index (Phi) is 5.51. The molecule has 0 fully saturated rings. The fourth-order valence-corrected chi connectivity index (χ4v) is 8.04. The van der Waals surface area contributed by atoms with Crippen molar-refractivity contribution in [3.05, 3.63) is 132 Å². The Morgan fingerprint density at radius 1 is 0.686 bits per heavy atom. The standard InChI is InChI=1S/C33H27OP/c1-24-19-20-32-27(21-24)22-25-11-8-9-18-31(25)33(32)26-12-10-17-30(23-26)35(34,28-13-4-2-5-14-28)29-15-6-3-7-16-29/h2-20,22-24H,21H2,1H3. The quantitative estimate of drug-likeness (QED) is 0.251. The van der Waals surface area contributed by atoms with Crippen LogP contribution in [-0.2, 0) is 11.0 Å². The van der Waals surface area contributed by atoms with Gasteiger partial charge in [-0.3, -0.25) is 0 Å². The average Bonchev–Trinajstić information content (AvgIpc) is 2.92. The summed E-state index contributed by atoms with van der Waals surface area (Å²) in [4.78, 5) is 0. The molecule has 0 bridgehead atoms. The molecular formula is C33H27OP. The zero-order valence-electron chi connectivity index (χ0n) is 19.8. The largest absolute Gasteiger partial charge is 0.309 e. The third-order valence-corrected chi connectivity index (χ3v) is 10.1. The van der Waals surface area contributed by atoms with Gasteiger partial charge in [0.15, 0.2) is 7.14 Å². The smallest absolute Gasteiger partial charge is 0.171 e. The van der Waals surface area contributed by atoms with E-state index in [4.69, 9.17) is 0 Å². The highest BCUT2D eigenvalue weighted by Crippen LogP contribution is 2.44. The fourth-order valence-electron chi connectivity index (χ4n) is 5.35. The lowest BCUT2D eigenvalue weighted by atomic mass is 9.83. The van der Waals surface area contributed by atoms with Crippen molar-refractivity contribution in [3.8, 4) is 11.1 Å². The van der Waals surface area contributed by atoms with Crippen molar-refractivity contribution in [1.82, 2.24) is 0 Å². The number of rotatable bonds is 4. The minimum Gasteiger partial charge on any atom is -0.309 e. The summed E-state index contributed by atoms with van der Waals surface area (Å²) >= 11 is 0. The predicted molar refractivity (Wildman–Crippen MR) is 151 cm³/mol. The van der Waals surface area contributed by atoms with Crippen molar-refractivity contribution in [2.75, 3.05) is 0 Å². The number of allylic oxidation sites excluding steroid dienone is 1. The van der Waals surface area contributed by atoms with Crippen LogP contribution in [0.3, 0.4) is 0 Å². The lowest BCUT2D eigenvalue weighted by Gasteiger charge is -2.23. The van der Waals surface area contributed by atoms with Crippen LogP contribution < -0.4 is 15.9 Å². The summed E-state index contributed by atoms with van der Waals surface area (Å²) in [5, 5.41) is 5.07. The summed E-state index contributed by atoms with van der Waals surface area (Å²) in [5.74, 6) is 0.527. The van der Waals surface area contributed by atoms with Gasteiger partial charge in [-0.25, -0.2) is 0 Å². The second-order valence-corrected chi connectivity index (χ2v) is 12.2. The summed E-state index contributed by atoms with van der Waals surface area (Å²) in [5.41, 5.74) is 5.01. The summed E-state index contributed by atoms with van der Waals surface area (Å²) in [6.07, 6.45) is 5.63. The van der Waals surface area contributed by atoms with Gasteiger partial charge in [-0.15, -0.1) is 0 Å². The van der Waals surface area contributed by atoms with Gasteiger partial charge < -0.3 is 4.57 Å². The molecule has 0 radical (unpaired) electrons. The Morgan fingerprint density at radius 2 is 1.31 bits per heavy atom. The lowest BCUT2D eigenvalue weighted by molar-refractivity contribution is 0.592. The third kappa shape index (κ3) is 3.77. The van der Waals surface area contributed by atoms with Crippen molar-refractivity contribution in [2.24, 2.45) is 5.92 Å². The Balaban J connectivity index is 1.62. The van der Waals surface area contributed by atoms with Crippen LogP contribution in [0.4, 0.5) is 0 Å². The summed E-state index contributed by atoms with van der Waals surface area (Å²) in [6.45, 7) is 2.27. The van der Waals surface area contributed by atoms with E-state index in [-0.39, 0.29) is 0 Å². The third-order valence-electron chi connectivity index (χ3n) is 7.05. The van der Waals surface area contributed by atoms with Gasteiger partial charge in [0.25, 0.3) is 0 Å². The second kappa shape index (κ2) is 8.84. The van der Waals surface area contributed by atoms with E-state index >= 15 is 0 Å². The van der Waals surface area contributed by atoms with Gasteiger partial charge in [-0.2, -0.15) is 0 Å². The van der Waals surface area contributed by atoms with Gasteiger partial charge >= 0.3 is 0 Å². The van der Waals surface area contributed by atoms with Crippen LogP contribution in [-0.4, -0.2) is 0 Å². The van der Waals surface area contributed by atoms with Crippen LogP contribution in [0.25, 0.3) is 28.0 Å². The molecular weight excluding hydrogens is 443 g/mol. The molecule has 0 aromatic heterocycles. The fraction of sp³-hybridized carbons (Fsp3) is 0.0909. The van der Waals surface area contributed by atoms with Crippen LogP contribution in [0.2, 0.25) is 0 Å². The van der Waals surface area contributed by atoms with Gasteiger partial charge in [0.05, 0.1) is 0 Å². The lowest BCUT2D eigenvalue weighted by Crippen LogP contribution is -2.25. The topological polar surface area (TPSA) is 17.1 Å². The van der Waals surface area contributed by atoms with Crippen LogP contribution in [0.15, 0.2) is 121 Å². The SMILES string of the molecule is CC1C=Cc2c(cc3ccccc3c2-c2cccc(P(=O)(c3ccccc3)c3ccccc3)c2)C1. The number of hydrogen-bond donors (Lipinski definition) is 0. The van der Waals surface area contributed by atoms with E-state index in [1.54, 1.807) is 0 Å². The van der Waals surface area contributed by atoms with Crippen LogP contribution in [0.1, 0.15) is 18.1 Å². The summed E-state index contributed by atoms with van der Waals surface area (Å²) in [7, 11) is -3.04. The van der Waals surface area contributed by atoms with Gasteiger partial charge in [-0.05, 0) is 51.4 Å². The maximum atomic E-state index is 15.0. The van der Waals surface area contributed by atoms with E-state index in [9.17, 15) is 4.57 Å². The van der Waals surface area contributed by atoms with E-state index in [2.05, 4.69) is 67.6 Å². The highest BCUT2D eigenvalue weighted by molar-refractivity contribution is 7.85. The molecule has 1 aliphatic rings. The van der Waals surface area contributed by atoms with Gasteiger partial charge in [-0.1, -0.05) is 128 Å². The Bertz CT molecular complexity index is 1560. The number of hydrogen-bond acceptors (Lipinski definition) is 1. The molecule has 5 aromatic carbocycles. The predicted octanol–water partition coefficient (Wildman–Crippen LogP) is 7.35. The van der Waals surface area contributed by atoms with Gasteiger partial charge in [0.2, 0.25) is 0 Å². The first-order chi connectivity index (χ1) is 17.1. The summed E-state index contributed by atoms with van der Waals surface area (Å²) < 4.78 is 15.0. The van der Waals surface area contributed by atoms with Crippen molar-refractivity contribution in [2.45, 2.75) is 13.3 Å². The molecule has 0 heterocycles. The molecule has 5 aromatic rings. The van der Waals surface area contributed by atoms with Crippen LogP contribution in [0, 0.1) is 5.92 Å². The molecule has 1 atom stereocenters. The minimum absolute atomic E-state index is 0.527. The first-order valence-electron chi connectivity index (χ1n) is 12.2. The number of fused-ring (bicyclic) bond motifs is 2. The van der Waals surface area contributed by atoms with Crippen LogP contribution >= 0.6 is 7.14 Å². The molecule has 170 valence electrons. The highest BCUT2D eigenvalue weighted by atomic mass is 31.2. The van der Waals surface area contributed by atoms with E-state index in [1.807, 2.05) is 66.7 Å².